The maximum absolute atomic E-state index is 8.52. The van der Waals surface area contributed by atoms with E-state index in [1.54, 1.807) is 0 Å². The second-order valence-electron chi connectivity index (χ2n) is 4.64. The molecule has 0 unspecified atom stereocenters. The van der Waals surface area contributed by atoms with E-state index >= 15 is 0 Å². The lowest BCUT2D eigenvalue weighted by atomic mass is 9.71. The Morgan fingerprint density at radius 3 is 3.28 bits per heavy atom. The molecule has 0 bridgehead atoms. The van der Waals surface area contributed by atoms with Gasteiger partial charge in [0.15, 0.2) is 0 Å². The molecule has 0 aromatic heterocycles. The monoisotopic (exact) mass is 259 g/mol. The molecule has 1 aliphatic rings. The van der Waals surface area contributed by atoms with Crippen molar-refractivity contribution in [2.75, 3.05) is 20.5 Å². The highest BCUT2D eigenvalue weighted by Crippen LogP contribution is 2.42. The third-order valence-electron chi connectivity index (χ3n) is 3.36. The molecule has 1 fully saturated rings. The normalized spacial score (nSPS) is 40.6. The van der Waals surface area contributed by atoms with Gasteiger partial charge in [0.1, 0.15) is 5.75 Å². The minimum absolute atomic E-state index is 0.0515. The molecule has 18 heavy (non-hydrogen) atoms. The summed E-state index contributed by atoms with van der Waals surface area (Å²) < 4.78 is 77.4. The van der Waals surface area contributed by atoms with E-state index in [2.05, 4.69) is 5.11 Å². The molecule has 0 heterocycles. The number of aromatic hydroxyl groups is 1. The lowest BCUT2D eigenvalue weighted by Gasteiger charge is -2.41. The largest absolute Gasteiger partial charge is 0.508 e. The average molecular weight is 259 g/mol. The van der Waals surface area contributed by atoms with Gasteiger partial charge in [-0.05, 0) is 44.4 Å². The van der Waals surface area contributed by atoms with Crippen molar-refractivity contribution in [3.05, 3.63) is 29.8 Å². The van der Waals surface area contributed by atoms with Crippen LogP contribution in [0.5, 0.6) is 5.75 Å². The first-order valence-electron chi connectivity index (χ1n) is 10.8. The molecule has 2 N–H and O–H groups in total. The smallest absolute Gasteiger partial charge is 0.293 e. The third kappa shape index (κ3) is 2.68. The van der Waals surface area contributed by atoms with E-state index in [-0.39, 0.29) is 24.2 Å². The maximum atomic E-state index is 8.52. The summed E-state index contributed by atoms with van der Waals surface area (Å²) in [6.07, 6.45) is -1.37. The van der Waals surface area contributed by atoms with Gasteiger partial charge >= 0.3 is 0 Å². The zero-order valence-electron chi connectivity index (χ0n) is 20.0. The lowest BCUT2D eigenvalue weighted by Crippen LogP contribution is -2.43. The van der Waals surface area contributed by atoms with E-state index in [1.165, 1.54) is 24.3 Å². The highest BCUT2D eigenvalue weighted by molar-refractivity contribution is 5.32. The van der Waals surface area contributed by atoms with Gasteiger partial charge in [0.25, 0.3) is 1.43 Å². The van der Waals surface area contributed by atoms with E-state index < -0.39 is 38.4 Å². The van der Waals surface area contributed by atoms with E-state index in [9.17, 15) is 0 Å². The molecular weight excluding hydrogens is 226 g/mol. The molecular formula is C15H23NO2. The Kier molecular flexibility index (Phi) is 1.62. The average Bonchev–Trinajstić information content (AvgIpc) is 2.57. The number of rotatable bonds is 5. The second-order valence-corrected chi connectivity index (χ2v) is 4.64. The molecule has 0 radical (unpaired) electrons. The summed E-state index contributed by atoms with van der Waals surface area (Å²) in [5.74, 6) is -0.840. The van der Waals surface area contributed by atoms with Crippen molar-refractivity contribution < 1.29 is 21.2 Å². The molecule has 3 nitrogen and oxygen atoms in total. The Bertz CT molecular complexity index is 664. The minimum atomic E-state index is -2.94. The van der Waals surface area contributed by atoms with Crippen LogP contribution in [0.1, 0.15) is 42.2 Å². The Balaban J connectivity index is 2.59. The zero-order chi connectivity index (χ0) is 21.4. The topological polar surface area (TPSA) is 43.7 Å². The van der Waals surface area contributed by atoms with Crippen molar-refractivity contribution in [2.24, 2.45) is 5.92 Å². The van der Waals surface area contributed by atoms with Gasteiger partial charge in [0.05, 0.1) is 5.60 Å². The summed E-state index contributed by atoms with van der Waals surface area (Å²) in [7, 11) is 0. The van der Waals surface area contributed by atoms with Crippen LogP contribution in [-0.2, 0) is 5.60 Å². The molecule has 1 saturated carbocycles. The van der Waals surface area contributed by atoms with Crippen molar-refractivity contribution in [1.82, 2.24) is 4.90 Å². The van der Waals surface area contributed by atoms with Gasteiger partial charge < -0.3 is 15.1 Å². The fraction of sp³-hybridized carbons (Fsp3) is 0.600. The molecule has 100 valence electrons. The van der Waals surface area contributed by atoms with Crippen LogP contribution in [-0.4, -0.2) is 38.5 Å². The van der Waals surface area contributed by atoms with Crippen molar-refractivity contribution in [3.63, 3.8) is 0 Å². The summed E-state index contributed by atoms with van der Waals surface area (Å²) in [6, 6.07) is 5.83. The molecule has 1 aromatic carbocycles. The lowest BCUT2D eigenvalue weighted by molar-refractivity contribution is -0.0619. The number of aliphatic hydroxyl groups is 1. The minimum Gasteiger partial charge on any atom is -0.508 e. The van der Waals surface area contributed by atoms with Crippen LogP contribution in [0, 0.1) is 5.92 Å². The highest BCUT2D eigenvalue weighted by atomic mass is 16.3. The molecule has 0 saturated heterocycles. The van der Waals surface area contributed by atoms with Crippen LogP contribution >= 0.6 is 0 Å². The molecule has 1 aliphatic carbocycles. The van der Waals surface area contributed by atoms with Crippen molar-refractivity contribution in [3.8, 4) is 5.75 Å². The molecule has 2 rings (SSSR count). The summed E-state index contributed by atoms with van der Waals surface area (Å²) in [5.41, 5.74) is -1.73. The van der Waals surface area contributed by atoms with Crippen molar-refractivity contribution >= 4 is 0 Å². The molecule has 0 amide bonds. The van der Waals surface area contributed by atoms with Gasteiger partial charge in [-0.15, -0.1) is 0 Å². The quantitative estimate of drug-likeness (QED) is 0.853. The number of hydrogen-bond donors (Lipinski definition) is 2. The SMILES string of the molecule is [2H]Oc1cccc([C@@]2(O[2H])[C@H](CN(C([2H])([2H])[2H])C([2H])([2H])[2H])CCCC2([2H])[2H])c1. The Morgan fingerprint density at radius 1 is 1.56 bits per heavy atom. The summed E-state index contributed by atoms with van der Waals surface area (Å²) in [6.45, 7) is -6.39. The highest BCUT2D eigenvalue weighted by Gasteiger charge is 2.40. The van der Waals surface area contributed by atoms with E-state index in [0.717, 1.165) is 0 Å². The van der Waals surface area contributed by atoms with E-state index in [0.29, 0.717) is 11.3 Å². The van der Waals surface area contributed by atoms with Gasteiger partial charge in [0.2, 0.25) is 1.43 Å². The molecule has 0 aliphatic heterocycles. The third-order valence-corrected chi connectivity index (χ3v) is 3.36. The van der Waals surface area contributed by atoms with Crippen molar-refractivity contribution in [2.45, 2.75) is 31.2 Å². The van der Waals surface area contributed by atoms with E-state index in [4.69, 9.17) is 18.9 Å². The van der Waals surface area contributed by atoms with Crippen LogP contribution in [0.2, 0.25) is 0 Å². The Morgan fingerprint density at radius 2 is 2.50 bits per heavy atom. The van der Waals surface area contributed by atoms with Crippen LogP contribution in [0.15, 0.2) is 24.3 Å². The summed E-state index contributed by atoms with van der Waals surface area (Å²) >= 11 is 0. The number of phenolic OH excluding ortho intramolecular Hbond substituents is 1. The first-order valence-corrected chi connectivity index (χ1v) is 5.95. The predicted molar refractivity (Wildman–Crippen MR) is 72.5 cm³/mol. The first kappa shape index (κ1) is 5.51. The van der Waals surface area contributed by atoms with Gasteiger partial charge in [-0.3, -0.25) is 0 Å². The van der Waals surface area contributed by atoms with Gasteiger partial charge in [0, 0.05) is 23.4 Å². The van der Waals surface area contributed by atoms with Gasteiger partial charge in [-0.25, -0.2) is 0 Å². The Hall–Kier alpha value is -1.06. The second kappa shape index (κ2) is 5.29. The molecule has 1 aromatic rings. The van der Waals surface area contributed by atoms with Crippen LogP contribution < -0.4 is 0 Å². The molecule has 2 atom stereocenters. The van der Waals surface area contributed by atoms with E-state index in [1.807, 2.05) is 0 Å². The standard InChI is InChI=1S/C15H23NO2/c1-16(2)11-13-6-3-4-9-15(13,18)12-7-5-8-14(17)10-12/h5,7-8,10,13,17-18H,3-4,6,9,11H2,1-2H3/t13-,15+/m0/s1/i1D3,2D3,9D2,18D/hD. The summed E-state index contributed by atoms with van der Waals surface area (Å²) in [4.78, 5) is 0.366. The van der Waals surface area contributed by atoms with Crippen LogP contribution in [0.4, 0.5) is 0 Å². The molecule has 0 spiro atoms. The van der Waals surface area contributed by atoms with Crippen LogP contribution in [0.3, 0.4) is 0 Å². The first-order chi connectivity index (χ1) is 12.8. The fourth-order valence-corrected chi connectivity index (χ4v) is 2.48. The number of hydrogen-bond acceptors (Lipinski definition) is 3. The summed E-state index contributed by atoms with van der Waals surface area (Å²) in [5, 5.41) is 9.43. The zero-order valence-corrected chi connectivity index (χ0v) is 9.98. The number of nitrogens with zero attached hydrogens (tertiary/aromatic N) is 1. The maximum Gasteiger partial charge on any atom is 0.293 e. The fourth-order valence-electron chi connectivity index (χ4n) is 2.48. The van der Waals surface area contributed by atoms with Gasteiger partial charge in [-0.1, -0.05) is 25.0 Å². The Labute approximate surface area is 123 Å². The van der Waals surface area contributed by atoms with Gasteiger partial charge in [-0.2, -0.15) is 0 Å². The van der Waals surface area contributed by atoms with Crippen LogP contribution in [0.25, 0.3) is 0 Å². The number of benzene rings is 1. The van der Waals surface area contributed by atoms with Crippen molar-refractivity contribution in [1.29, 1.82) is 2.86 Å². The predicted octanol–water partition coefficient (Wildman–Crippen LogP) is 2.33. The number of phenols is 1. The molecule has 3 heteroatoms.